The number of benzene rings is 2. The molecule has 3 aliphatic heterocycles. The van der Waals surface area contributed by atoms with E-state index in [-0.39, 0.29) is 41.8 Å². The largest absolute Gasteiger partial charge is 0.464 e. The Morgan fingerprint density at radius 1 is 0.855 bits per heavy atom. The van der Waals surface area contributed by atoms with Crippen molar-refractivity contribution in [2.24, 2.45) is 17.8 Å². The van der Waals surface area contributed by atoms with Crippen molar-refractivity contribution in [2.45, 2.75) is 110 Å². The molecular formula is C51H58FN9O7S. The lowest BCUT2D eigenvalue weighted by atomic mass is 10.0. The van der Waals surface area contributed by atoms with Gasteiger partial charge in [0, 0.05) is 34.0 Å². The number of thiophene rings is 1. The lowest BCUT2D eigenvalue weighted by Gasteiger charge is -2.31. The number of likely N-dealkylation sites (tertiary alicyclic amines) is 2. The molecule has 4 amide bonds. The molecule has 3 fully saturated rings. The molecule has 0 bridgehead atoms. The number of carbonyl (C=O) groups excluding carboxylic acids is 4. The molecule has 1 aliphatic carbocycles. The summed E-state index contributed by atoms with van der Waals surface area (Å²) >= 11 is 1.69. The topological polar surface area (TPSA) is 189 Å². The second-order valence-electron chi connectivity index (χ2n) is 19.4. The first kappa shape index (κ1) is 46.1. The number of amides is 4. The van der Waals surface area contributed by atoms with Crippen molar-refractivity contribution in [1.82, 2.24) is 44.9 Å². The van der Waals surface area contributed by atoms with Crippen LogP contribution in [0.3, 0.4) is 0 Å². The fraction of sp³-hybridized carbons (Fsp3) is 0.451. The Morgan fingerprint density at radius 3 is 2.22 bits per heavy atom. The number of fused-ring (bicyclic) bond motifs is 6. The molecule has 1 unspecified atom stereocenters. The number of halogens is 1. The average molecular weight is 960 g/mol. The minimum absolute atomic E-state index is 0.107. The zero-order valence-electron chi connectivity index (χ0n) is 39.8. The van der Waals surface area contributed by atoms with Gasteiger partial charge in [0.25, 0.3) is 0 Å². The van der Waals surface area contributed by atoms with E-state index in [0.29, 0.717) is 58.8 Å². The van der Waals surface area contributed by atoms with E-state index in [9.17, 15) is 19.2 Å². The summed E-state index contributed by atoms with van der Waals surface area (Å²) in [6.45, 7) is 10.2. The van der Waals surface area contributed by atoms with Crippen molar-refractivity contribution in [3.05, 3.63) is 88.1 Å². The van der Waals surface area contributed by atoms with Crippen molar-refractivity contribution in [1.29, 1.82) is 0 Å². The van der Waals surface area contributed by atoms with Gasteiger partial charge in [0.1, 0.15) is 35.3 Å². The second-order valence-corrected chi connectivity index (χ2v) is 20.6. The highest BCUT2D eigenvalue weighted by atomic mass is 32.1. The Morgan fingerprint density at radius 2 is 1.54 bits per heavy atom. The van der Waals surface area contributed by atoms with Gasteiger partial charge in [-0.2, -0.15) is 0 Å². The number of imidazole rings is 2. The summed E-state index contributed by atoms with van der Waals surface area (Å²) in [5.41, 5.74) is 4.69. The number of aromatic amines is 2. The molecule has 4 N–H and O–H groups in total. The molecule has 16 nitrogen and oxygen atoms in total. The fourth-order valence-electron chi connectivity index (χ4n) is 10.6. The average Bonchev–Trinajstić information content (AvgIpc) is 4.10. The van der Waals surface area contributed by atoms with E-state index in [1.54, 1.807) is 28.6 Å². The van der Waals surface area contributed by atoms with Crippen LogP contribution in [0.2, 0.25) is 0 Å². The molecule has 69 heavy (non-hydrogen) atoms. The van der Waals surface area contributed by atoms with Gasteiger partial charge in [0.2, 0.25) is 18.0 Å². The zero-order chi connectivity index (χ0) is 48.4. The van der Waals surface area contributed by atoms with Gasteiger partial charge in [-0.3, -0.25) is 14.2 Å². The van der Waals surface area contributed by atoms with E-state index in [2.05, 4.69) is 50.3 Å². The van der Waals surface area contributed by atoms with Crippen molar-refractivity contribution < 1.29 is 37.8 Å². The maximum absolute atomic E-state index is 16.9. The molecule has 6 aromatic rings. The quantitative estimate of drug-likeness (QED) is 0.0875. The van der Waals surface area contributed by atoms with Crippen molar-refractivity contribution in [2.75, 3.05) is 20.8 Å². The van der Waals surface area contributed by atoms with Crippen LogP contribution in [0.1, 0.15) is 106 Å². The van der Waals surface area contributed by atoms with Crippen LogP contribution in [-0.2, 0) is 25.5 Å². The Kier molecular flexibility index (Phi) is 12.2. The molecule has 2 saturated heterocycles. The Labute approximate surface area is 403 Å². The molecule has 4 aromatic heterocycles. The van der Waals surface area contributed by atoms with E-state index in [1.807, 2.05) is 56.9 Å². The molecule has 4 aliphatic rings. The van der Waals surface area contributed by atoms with Crippen LogP contribution < -0.4 is 15.4 Å². The molecular weight excluding hydrogens is 902 g/mol. The highest BCUT2D eigenvalue weighted by molar-refractivity contribution is 7.12. The van der Waals surface area contributed by atoms with Gasteiger partial charge in [-0.25, -0.2) is 23.9 Å². The number of hydrogen-bond acceptors (Lipinski definition) is 10. The van der Waals surface area contributed by atoms with Crippen LogP contribution in [0.15, 0.2) is 60.9 Å². The standard InChI is InChI=1S/C51H58FN9O7S/c1-8-10-31-13-15-41(69-31)49-61-35-14-12-27(33-23-54-46(55-33)39-21-30-19-37(30)60(39)48(63)44(26(4)5)58-51(65)67-7)17-29(35)20-38(61)42-32(52)18-28(22-40(42)68-49)34-24-53-45(56-34)36-11-9-16-59(36)47(62)43(25(2)3)57-50(64)66-6/h12-15,17-18,20,22-26,30,36-37,39,43-44,49H,8-11,16,19,21H2,1-7H3,(H,53,56)(H,54,55)(H,57,64)(H,58,65)/t30-,36+,37-,39+,43+,44+,49?/m1/s1. The predicted molar refractivity (Wildman–Crippen MR) is 258 cm³/mol. The Balaban J connectivity index is 0.965. The summed E-state index contributed by atoms with van der Waals surface area (Å²) in [7, 11) is 2.56. The lowest BCUT2D eigenvalue weighted by molar-refractivity contribution is -0.137. The van der Waals surface area contributed by atoms with Crippen LogP contribution in [0.5, 0.6) is 5.75 Å². The van der Waals surface area contributed by atoms with Crippen LogP contribution in [0.25, 0.3) is 44.7 Å². The molecule has 2 aromatic carbocycles. The molecule has 0 spiro atoms. The summed E-state index contributed by atoms with van der Waals surface area (Å²) < 4.78 is 35.5. The Bertz CT molecular complexity index is 2960. The number of H-pyrrole nitrogens is 2. The minimum atomic E-state index is -0.769. The molecule has 7 heterocycles. The van der Waals surface area contributed by atoms with Gasteiger partial charge in [0.15, 0.2) is 0 Å². The van der Waals surface area contributed by atoms with Crippen molar-refractivity contribution >= 4 is 46.2 Å². The molecule has 7 atom stereocenters. The minimum Gasteiger partial charge on any atom is -0.464 e. The van der Waals surface area contributed by atoms with Crippen LogP contribution in [0.4, 0.5) is 14.0 Å². The summed E-state index contributed by atoms with van der Waals surface area (Å²) in [5, 5.41) is 6.32. The number of hydrogen-bond donors (Lipinski definition) is 4. The number of aromatic nitrogens is 5. The van der Waals surface area contributed by atoms with Crippen molar-refractivity contribution in [3.8, 4) is 39.5 Å². The number of piperidine rings is 1. The van der Waals surface area contributed by atoms with Crippen LogP contribution >= 0.6 is 11.3 Å². The monoisotopic (exact) mass is 959 g/mol. The maximum atomic E-state index is 16.9. The van der Waals surface area contributed by atoms with Gasteiger partial charge < -0.3 is 44.6 Å². The summed E-state index contributed by atoms with van der Waals surface area (Å²) in [4.78, 5) is 74.5. The van der Waals surface area contributed by atoms with E-state index in [4.69, 9.17) is 24.2 Å². The predicted octanol–water partition coefficient (Wildman–Crippen LogP) is 9.27. The van der Waals surface area contributed by atoms with Gasteiger partial charge in [-0.1, -0.05) is 47.1 Å². The molecule has 362 valence electrons. The summed E-state index contributed by atoms with van der Waals surface area (Å²) in [6.07, 6.45) is 6.66. The van der Waals surface area contributed by atoms with Gasteiger partial charge in [0.05, 0.1) is 71.7 Å². The number of aryl methyl sites for hydroxylation is 1. The van der Waals surface area contributed by atoms with E-state index < -0.39 is 36.3 Å². The third-order valence-electron chi connectivity index (χ3n) is 14.2. The van der Waals surface area contributed by atoms with Gasteiger partial charge >= 0.3 is 12.2 Å². The normalized spacial score (nSPS) is 21.2. The first-order valence-corrected chi connectivity index (χ1v) is 24.7. The molecule has 1 saturated carbocycles. The van der Waals surface area contributed by atoms with E-state index in [1.165, 1.54) is 25.2 Å². The first-order valence-electron chi connectivity index (χ1n) is 23.9. The number of alkyl carbamates (subject to hydrolysis) is 2. The number of nitrogens with one attached hydrogen (secondary N) is 4. The number of rotatable bonds is 13. The third kappa shape index (κ3) is 8.39. The second kappa shape index (κ2) is 18.3. The summed E-state index contributed by atoms with van der Waals surface area (Å²) in [5.74, 6) is 0.918. The smallest absolute Gasteiger partial charge is 0.407 e. The van der Waals surface area contributed by atoms with E-state index >= 15 is 4.39 Å². The van der Waals surface area contributed by atoms with Crippen molar-refractivity contribution in [3.63, 3.8) is 0 Å². The highest BCUT2D eigenvalue weighted by Gasteiger charge is 2.56. The summed E-state index contributed by atoms with van der Waals surface area (Å²) in [6, 6.07) is 13.7. The SMILES string of the molecule is CCCc1ccc(C2Oc3cc(-c4cnc([C@@H]5CCCN5C(=O)[C@@H](NC(=O)OC)C(C)C)[nH]4)cc(F)c3-c3cc4cc(-c5cnc([C@@H]6C[C@H]7C[C@H]7N6C(=O)[C@@H](NC(=O)OC)C(C)C)[nH]5)ccc4n32)s1. The highest BCUT2D eigenvalue weighted by Crippen LogP contribution is 2.54. The molecule has 10 rings (SSSR count). The van der Waals surface area contributed by atoms with Gasteiger partial charge in [-0.05, 0) is 92.3 Å². The Hall–Kier alpha value is -6.69. The van der Waals surface area contributed by atoms with E-state index in [0.717, 1.165) is 59.1 Å². The van der Waals surface area contributed by atoms with Crippen LogP contribution in [-0.4, -0.2) is 97.2 Å². The zero-order valence-corrected chi connectivity index (χ0v) is 40.6. The third-order valence-corrected chi connectivity index (χ3v) is 15.3. The molecule has 0 radical (unpaired) electrons. The number of nitrogens with zero attached hydrogens (tertiary/aromatic N) is 5. The number of ether oxygens (including phenoxy) is 3. The number of methoxy groups -OCH3 is 2. The fourth-order valence-corrected chi connectivity index (χ4v) is 11.7. The lowest BCUT2D eigenvalue weighted by Crippen LogP contribution is -2.52. The number of carbonyl (C=O) groups is 4. The molecule has 18 heteroatoms. The first-order chi connectivity index (χ1) is 33.3. The van der Waals surface area contributed by atoms with Crippen LogP contribution in [0, 0.1) is 23.6 Å². The maximum Gasteiger partial charge on any atom is 0.407 e. The van der Waals surface area contributed by atoms with Gasteiger partial charge in [-0.15, -0.1) is 11.3 Å².